The van der Waals surface area contributed by atoms with E-state index in [1.165, 1.54) is 0 Å². The molecule has 0 aliphatic carbocycles. The van der Waals surface area contributed by atoms with Gasteiger partial charge in [0.15, 0.2) is 0 Å². The van der Waals surface area contributed by atoms with Crippen LogP contribution in [0.25, 0.3) is 0 Å². The molecule has 0 saturated heterocycles. The number of hydrogen-bond donors (Lipinski definition) is 1. The van der Waals surface area contributed by atoms with Crippen LogP contribution in [0.4, 0.5) is 0 Å². The van der Waals surface area contributed by atoms with Gasteiger partial charge in [0.05, 0.1) is 13.2 Å². The molecule has 1 N–H and O–H groups in total. The molecule has 1 atom stereocenters. The highest BCUT2D eigenvalue weighted by atomic mass is 79.9. The minimum Gasteiger partial charge on any atom is -0.496 e. The van der Waals surface area contributed by atoms with Gasteiger partial charge >= 0.3 is 0 Å². The van der Waals surface area contributed by atoms with Crippen molar-refractivity contribution in [1.29, 1.82) is 0 Å². The summed E-state index contributed by atoms with van der Waals surface area (Å²) in [4.78, 5) is 0. The zero-order valence-electron chi connectivity index (χ0n) is 11.1. The lowest BCUT2D eigenvalue weighted by Gasteiger charge is -2.14. The van der Waals surface area contributed by atoms with Crippen molar-refractivity contribution < 1.29 is 9.84 Å². The first-order valence-corrected chi connectivity index (χ1v) is 7.50. The topological polar surface area (TPSA) is 29.5 Å². The lowest BCUT2D eigenvalue weighted by molar-refractivity contribution is 0.174. The Balaban J connectivity index is 2.08. The first-order valence-electron chi connectivity index (χ1n) is 6.33. The molecule has 0 aromatic heterocycles. The summed E-state index contributed by atoms with van der Waals surface area (Å²) in [5.41, 5.74) is 2.01. The van der Waals surface area contributed by atoms with E-state index in [1.807, 2.05) is 42.5 Å². The van der Waals surface area contributed by atoms with Gasteiger partial charge < -0.3 is 9.84 Å². The average molecular weight is 356 g/mol. The molecule has 0 fully saturated rings. The number of ether oxygens (including phenoxy) is 1. The van der Waals surface area contributed by atoms with E-state index in [1.54, 1.807) is 7.11 Å². The van der Waals surface area contributed by atoms with Crippen molar-refractivity contribution in [3.8, 4) is 5.75 Å². The quantitative estimate of drug-likeness (QED) is 0.868. The van der Waals surface area contributed by atoms with Crippen molar-refractivity contribution >= 4 is 27.5 Å². The van der Waals surface area contributed by atoms with Crippen LogP contribution in [0.5, 0.6) is 5.75 Å². The third-order valence-corrected chi connectivity index (χ3v) is 3.79. The van der Waals surface area contributed by atoms with Crippen LogP contribution in [0.1, 0.15) is 11.1 Å². The van der Waals surface area contributed by atoms with E-state index < -0.39 is 6.10 Å². The number of rotatable bonds is 5. The van der Waals surface area contributed by atoms with E-state index in [2.05, 4.69) is 15.9 Å². The van der Waals surface area contributed by atoms with Crippen LogP contribution in [0.15, 0.2) is 46.9 Å². The molecule has 0 spiro atoms. The zero-order valence-corrected chi connectivity index (χ0v) is 13.5. The third kappa shape index (κ3) is 4.23. The van der Waals surface area contributed by atoms with Crippen LogP contribution in [0.3, 0.4) is 0 Å². The van der Waals surface area contributed by atoms with Gasteiger partial charge in [0, 0.05) is 15.9 Å². The number of aliphatic hydroxyl groups is 1. The molecule has 0 amide bonds. The molecule has 20 heavy (non-hydrogen) atoms. The smallest absolute Gasteiger partial charge is 0.122 e. The van der Waals surface area contributed by atoms with Gasteiger partial charge in [-0.3, -0.25) is 0 Å². The average Bonchev–Trinajstić information content (AvgIpc) is 2.38. The molecule has 2 aromatic rings. The number of aliphatic hydroxyl groups excluding tert-OH is 1. The second-order valence-corrected chi connectivity index (χ2v) is 6.00. The SMILES string of the molecule is COc1ccc(Br)cc1CC(O)Cc1cccc(Cl)c1. The summed E-state index contributed by atoms with van der Waals surface area (Å²) in [5, 5.41) is 10.9. The molecular weight excluding hydrogens is 340 g/mol. The van der Waals surface area contributed by atoms with E-state index in [-0.39, 0.29) is 0 Å². The van der Waals surface area contributed by atoms with Crippen LogP contribution in [-0.4, -0.2) is 18.3 Å². The molecule has 0 heterocycles. The summed E-state index contributed by atoms with van der Waals surface area (Å²) in [6.07, 6.45) is 0.627. The molecule has 0 bridgehead atoms. The predicted molar refractivity (Wildman–Crippen MR) is 85.6 cm³/mol. The third-order valence-electron chi connectivity index (χ3n) is 3.06. The van der Waals surface area contributed by atoms with Crippen molar-refractivity contribution in [2.45, 2.75) is 18.9 Å². The Hall–Kier alpha value is -1.03. The van der Waals surface area contributed by atoms with Gasteiger partial charge in [-0.05, 0) is 47.9 Å². The van der Waals surface area contributed by atoms with E-state index in [4.69, 9.17) is 16.3 Å². The van der Waals surface area contributed by atoms with Crippen molar-refractivity contribution in [3.63, 3.8) is 0 Å². The van der Waals surface area contributed by atoms with Crippen LogP contribution >= 0.6 is 27.5 Å². The minimum atomic E-state index is -0.475. The highest BCUT2D eigenvalue weighted by molar-refractivity contribution is 9.10. The standard InChI is InChI=1S/C16H16BrClO2/c1-20-16-6-5-13(17)9-12(16)10-15(19)8-11-3-2-4-14(18)7-11/h2-7,9,15,19H,8,10H2,1H3. The zero-order chi connectivity index (χ0) is 14.5. The molecule has 0 saturated carbocycles. The first kappa shape index (κ1) is 15.4. The van der Waals surface area contributed by atoms with Gasteiger partial charge in [-0.1, -0.05) is 39.7 Å². The molecule has 2 aromatic carbocycles. The van der Waals surface area contributed by atoms with Gasteiger partial charge in [0.2, 0.25) is 0 Å². The molecule has 4 heteroatoms. The molecule has 0 aliphatic heterocycles. The maximum atomic E-state index is 10.2. The maximum Gasteiger partial charge on any atom is 0.122 e. The molecule has 0 radical (unpaired) electrons. The van der Waals surface area contributed by atoms with Gasteiger partial charge in [0.25, 0.3) is 0 Å². The molecule has 2 nitrogen and oxygen atoms in total. The molecule has 1 unspecified atom stereocenters. The molecule has 0 aliphatic rings. The summed E-state index contributed by atoms with van der Waals surface area (Å²) in [6.45, 7) is 0. The second kappa shape index (κ2) is 7.11. The second-order valence-electron chi connectivity index (χ2n) is 4.65. The Kier molecular flexibility index (Phi) is 5.46. The Labute approximate surface area is 132 Å². The fourth-order valence-corrected chi connectivity index (χ4v) is 2.79. The van der Waals surface area contributed by atoms with Gasteiger partial charge in [-0.2, -0.15) is 0 Å². The van der Waals surface area contributed by atoms with Crippen LogP contribution in [0.2, 0.25) is 5.02 Å². The van der Waals surface area contributed by atoms with E-state index in [0.29, 0.717) is 17.9 Å². The van der Waals surface area contributed by atoms with E-state index >= 15 is 0 Å². The summed E-state index contributed by atoms with van der Waals surface area (Å²) >= 11 is 9.39. The van der Waals surface area contributed by atoms with Crippen molar-refractivity contribution in [2.24, 2.45) is 0 Å². The Bertz CT molecular complexity index is 586. The number of methoxy groups -OCH3 is 1. The summed E-state index contributed by atoms with van der Waals surface area (Å²) in [5.74, 6) is 0.790. The number of halogens is 2. The number of benzene rings is 2. The van der Waals surface area contributed by atoms with Gasteiger partial charge in [-0.15, -0.1) is 0 Å². The lowest BCUT2D eigenvalue weighted by atomic mass is 10.0. The van der Waals surface area contributed by atoms with E-state index in [9.17, 15) is 5.11 Å². The first-order chi connectivity index (χ1) is 9.58. The lowest BCUT2D eigenvalue weighted by Crippen LogP contribution is -2.14. The van der Waals surface area contributed by atoms with Crippen LogP contribution < -0.4 is 4.74 Å². The van der Waals surface area contributed by atoms with Crippen LogP contribution in [-0.2, 0) is 12.8 Å². The number of hydrogen-bond acceptors (Lipinski definition) is 2. The van der Waals surface area contributed by atoms with Crippen molar-refractivity contribution in [2.75, 3.05) is 7.11 Å². The fourth-order valence-electron chi connectivity index (χ4n) is 2.17. The van der Waals surface area contributed by atoms with Crippen molar-refractivity contribution in [1.82, 2.24) is 0 Å². The van der Waals surface area contributed by atoms with Gasteiger partial charge in [-0.25, -0.2) is 0 Å². The highest BCUT2D eigenvalue weighted by Gasteiger charge is 2.11. The predicted octanol–water partition coefficient (Wildman–Crippen LogP) is 4.26. The van der Waals surface area contributed by atoms with Crippen molar-refractivity contribution in [3.05, 3.63) is 63.1 Å². The minimum absolute atomic E-state index is 0.475. The molecule has 106 valence electrons. The van der Waals surface area contributed by atoms with Gasteiger partial charge in [0.1, 0.15) is 5.75 Å². The summed E-state index contributed by atoms with van der Waals surface area (Å²) < 4.78 is 6.29. The Morgan fingerprint density at radius 1 is 1.20 bits per heavy atom. The Morgan fingerprint density at radius 3 is 2.70 bits per heavy atom. The van der Waals surface area contributed by atoms with Crippen LogP contribution in [0, 0.1) is 0 Å². The highest BCUT2D eigenvalue weighted by Crippen LogP contribution is 2.25. The molecule has 2 rings (SSSR count). The fraction of sp³-hybridized carbons (Fsp3) is 0.250. The van der Waals surface area contributed by atoms with E-state index in [0.717, 1.165) is 21.3 Å². The largest absolute Gasteiger partial charge is 0.496 e. The normalized spacial score (nSPS) is 12.2. The summed E-state index contributed by atoms with van der Waals surface area (Å²) in [7, 11) is 1.64. The monoisotopic (exact) mass is 354 g/mol. The Morgan fingerprint density at radius 2 is 2.00 bits per heavy atom. The summed E-state index contributed by atoms with van der Waals surface area (Å²) in [6, 6.07) is 13.4. The molecular formula is C16H16BrClO2. The maximum absolute atomic E-state index is 10.2.